The monoisotopic (exact) mass is 311 g/mol. The SMILES string of the molecule is CC(C)(C)c1ccc2[nH]c3c(c2c1)CN(C(=O)NC1CC1)CC3. The van der Waals surface area contributed by atoms with Crippen LogP contribution in [-0.4, -0.2) is 28.5 Å². The van der Waals surface area contributed by atoms with Crippen molar-refractivity contribution in [1.29, 1.82) is 0 Å². The Hall–Kier alpha value is -1.97. The molecule has 1 saturated carbocycles. The van der Waals surface area contributed by atoms with E-state index in [1.54, 1.807) is 0 Å². The molecule has 0 atom stereocenters. The van der Waals surface area contributed by atoms with Crippen LogP contribution in [0.3, 0.4) is 0 Å². The van der Waals surface area contributed by atoms with Gasteiger partial charge >= 0.3 is 6.03 Å². The predicted molar refractivity (Wildman–Crippen MR) is 92.7 cm³/mol. The maximum atomic E-state index is 12.3. The molecule has 4 rings (SSSR count). The summed E-state index contributed by atoms with van der Waals surface area (Å²) in [6.07, 6.45) is 3.17. The van der Waals surface area contributed by atoms with Gasteiger partial charge in [0.15, 0.2) is 0 Å². The lowest BCUT2D eigenvalue weighted by atomic mass is 9.86. The molecule has 2 aliphatic rings. The van der Waals surface area contributed by atoms with E-state index in [1.807, 2.05) is 4.90 Å². The highest BCUT2D eigenvalue weighted by Gasteiger charge is 2.29. The van der Waals surface area contributed by atoms with Crippen LogP contribution in [-0.2, 0) is 18.4 Å². The molecule has 23 heavy (non-hydrogen) atoms. The Kier molecular flexibility index (Phi) is 3.19. The zero-order chi connectivity index (χ0) is 16.2. The molecule has 2 amide bonds. The van der Waals surface area contributed by atoms with Gasteiger partial charge in [-0.1, -0.05) is 26.8 Å². The molecule has 4 nitrogen and oxygen atoms in total. The second-order valence-electron chi connectivity index (χ2n) is 7.99. The number of amides is 2. The van der Waals surface area contributed by atoms with Gasteiger partial charge in [0.2, 0.25) is 0 Å². The Morgan fingerprint density at radius 2 is 2.09 bits per heavy atom. The molecule has 2 N–H and O–H groups in total. The lowest BCUT2D eigenvalue weighted by Crippen LogP contribution is -2.43. The van der Waals surface area contributed by atoms with Crippen molar-refractivity contribution in [3.8, 4) is 0 Å². The van der Waals surface area contributed by atoms with E-state index < -0.39 is 0 Å². The molecule has 1 aliphatic carbocycles. The average molecular weight is 311 g/mol. The Labute approximate surface area is 137 Å². The van der Waals surface area contributed by atoms with Crippen LogP contribution in [0.1, 0.15) is 50.4 Å². The number of aromatic amines is 1. The zero-order valence-electron chi connectivity index (χ0n) is 14.2. The zero-order valence-corrected chi connectivity index (χ0v) is 14.2. The van der Waals surface area contributed by atoms with Gasteiger partial charge in [0.05, 0.1) is 0 Å². The number of hydrogen-bond acceptors (Lipinski definition) is 1. The smallest absolute Gasteiger partial charge is 0.317 e. The molecule has 1 aliphatic heterocycles. The van der Waals surface area contributed by atoms with E-state index in [0.29, 0.717) is 12.6 Å². The number of nitrogens with one attached hydrogen (secondary N) is 2. The van der Waals surface area contributed by atoms with Crippen molar-refractivity contribution in [2.75, 3.05) is 6.54 Å². The van der Waals surface area contributed by atoms with Crippen molar-refractivity contribution in [1.82, 2.24) is 15.2 Å². The molecule has 2 heterocycles. The van der Waals surface area contributed by atoms with Crippen LogP contribution in [0.25, 0.3) is 10.9 Å². The number of benzene rings is 1. The van der Waals surface area contributed by atoms with Crippen molar-refractivity contribution in [3.05, 3.63) is 35.0 Å². The van der Waals surface area contributed by atoms with Gasteiger partial charge in [0, 0.05) is 47.7 Å². The van der Waals surface area contributed by atoms with E-state index in [9.17, 15) is 4.79 Å². The number of nitrogens with zero attached hydrogens (tertiary/aromatic N) is 1. The first kappa shape index (κ1) is 14.6. The molecule has 2 aromatic rings. The Balaban J connectivity index is 1.66. The molecule has 0 unspecified atom stereocenters. The van der Waals surface area contributed by atoms with E-state index in [0.717, 1.165) is 25.8 Å². The fourth-order valence-electron chi connectivity index (χ4n) is 3.35. The quantitative estimate of drug-likeness (QED) is 0.829. The standard InChI is InChI=1S/C19H25N3O/c1-19(2,3)12-4-7-16-14(10-12)15-11-22(9-8-17(15)21-16)18(23)20-13-5-6-13/h4,7,10,13,21H,5-6,8-9,11H2,1-3H3,(H,20,23). The highest BCUT2D eigenvalue weighted by atomic mass is 16.2. The number of carbonyl (C=O) groups is 1. The summed E-state index contributed by atoms with van der Waals surface area (Å²) < 4.78 is 0. The van der Waals surface area contributed by atoms with E-state index in [-0.39, 0.29) is 11.4 Å². The van der Waals surface area contributed by atoms with Gasteiger partial charge in [-0.25, -0.2) is 4.79 Å². The Bertz CT molecular complexity index is 765. The van der Waals surface area contributed by atoms with Crippen LogP contribution >= 0.6 is 0 Å². The lowest BCUT2D eigenvalue weighted by Gasteiger charge is -2.27. The minimum absolute atomic E-state index is 0.0967. The summed E-state index contributed by atoms with van der Waals surface area (Å²) in [5, 5.41) is 4.38. The number of rotatable bonds is 1. The van der Waals surface area contributed by atoms with Crippen molar-refractivity contribution in [2.24, 2.45) is 0 Å². The van der Waals surface area contributed by atoms with Crippen molar-refractivity contribution in [3.63, 3.8) is 0 Å². The van der Waals surface area contributed by atoms with Gasteiger partial charge in [-0.2, -0.15) is 0 Å². The number of hydrogen-bond donors (Lipinski definition) is 2. The van der Waals surface area contributed by atoms with Gasteiger partial charge in [-0.05, 0) is 36.0 Å². The molecule has 0 bridgehead atoms. The molecule has 122 valence electrons. The number of aromatic nitrogens is 1. The normalized spacial score (nSPS) is 18.1. The van der Waals surface area contributed by atoms with Crippen LogP contribution in [0.15, 0.2) is 18.2 Å². The van der Waals surface area contributed by atoms with Crippen molar-refractivity contribution < 1.29 is 4.79 Å². The fraction of sp³-hybridized carbons (Fsp3) is 0.526. The van der Waals surface area contributed by atoms with Crippen molar-refractivity contribution in [2.45, 2.75) is 58.0 Å². The van der Waals surface area contributed by atoms with E-state index >= 15 is 0 Å². The number of urea groups is 1. The van der Waals surface area contributed by atoms with Crippen LogP contribution in [0.2, 0.25) is 0 Å². The summed E-state index contributed by atoms with van der Waals surface area (Å²) in [5.74, 6) is 0. The summed E-state index contributed by atoms with van der Waals surface area (Å²) >= 11 is 0. The summed E-state index contributed by atoms with van der Waals surface area (Å²) in [5.41, 5.74) is 5.25. The molecule has 1 fully saturated rings. The molecular formula is C19H25N3O. The second-order valence-corrected chi connectivity index (χ2v) is 7.99. The van der Waals surface area contributed by atoms with E-state index in [2.05, 4.69) is 49.3 Å². The summed E-state index contributed by atoms with van der Waals surface area (Å²) in [6, 6.07) is 7.20. The first-order valence-corrected chi connectivity index (χ1v) is 8.61. The summed E-state index contributed by atoms with van der Waals surface area (Å²) in [7, 11) is 0. The minimum atomic E-state index is 0.0967. The largest absolute Gasteiger partial charge is 0.358 e. The molecule has 1 aromatic heterocycles. The first-order chi connectivity index (χ1) is 10.9. The molecule has 0 saturated heterocycles. The first-order valence-electron chi connectivity index (χ1n) is 8.61. The minimum Gasteiger partial charge on any atom is -0.358 e. The maximum absolute atomic E-state index is 12.3. The third-order valence-electron chi connectivity index (χ3n) is 5.03. The molecular weight excluding hydrogens is 286 g/mol. The Morgan fingerprint density at radius 3 is 2.78 bits per heavy atom. The number of fused-ring (bicyclic) bond motifs is 3. The molecule has 0 radical (unpaired) electrons. The van der Waals surface area contributed by atoms with Gasteiger partial charge in [0.25, 0.3) is 0 Å². The molecule has 1 aromatic carbocycles. The maximum Gasteiger partial charge on any atom is 0.317 e. The van der Waals surface area contributed by atoms with Crippen LogP contribution in [0.5, 0.6) is 0 Å². The van der Waals surface area contributed by atoms with Crippen LogP contribution in [0.4, 0.5) is 4.79 Å². The van der Waals surface area contributed by atoms with Gasteiger partial charge in [-0.15, -0.1) is 0 Å². The van der Waals surface area contributed by atoms with E-state index in [1.165, 1.54) is 27.7 Å². The number of H-pyrrole nitrogens is 1. The third-order valence-corrected chi connectivity index (χ3v) is 5.03. The van der Waals surface area contributed by atoms with E-state index in [4.69, 9.17) is 0 Å². The summed E-state index contributed by atoms with van der Waals surface area (Å²) in [6.45, 7) is 8.22. The van der Waals surface area contributed by atoms with Crippen LogP contribution < -0.4 is 5.32 Å². The Morgan fingerprint density at radius 1 is 1.30 bits per heavy atom. The highest BCUT2D eigenvalue weighted by molar-refractivity contribution is 5.86. The van der Waals surface area contributed by atoms with Gasteiger partial charge < -0.3 is 15.2 Å². The lowest BCUT2D eigenvalue weighted by molar-refractivity contribution is 0.192. The van der Waals surface area contributed by atoms with Crippen molar-refractivity contribution >= 4 is 16.9 Å². The number of carbonyl (C=O) groups excluding carboxylic acids is 1. The molecule has 4 heteroatoms. The second kappa shape index (κ2) is 5.02. The van der Waals surface area contributed by atoms with Crippen LogP contribution in [0, 0.1) is 0 Å². The third kappa shape index (κ3) is 2.71. The summed E-state index contributed by atoms with van der Waals surface area (Å²) in [4.78, 5) is 17.9. The predicted octanol–water partition coefficient (Wildman–Crippen LogP) is 3.70. The van der Waals surface area contributed by atoms with Gasteiger partial charge in [0.1, 0.15) is 0 Å². The fourth-order valence-corrected chi connectivity index (χ4v) is 3.35. The topological polar surface area (TPSA) is 48.1 Å². The highest BCUT2D eigenvalue weighted by Crippen LogP contribution is 2.32. The average Bonchev–Trinajstić information content (AvgIpc) is 3.24. The molecule has 0 spiro atoms. The van der Waals surface area contributed by atoms with Gasteiger partial charge in [-0.3, -0.25) is 0 Å².